The summed E-state index contributed by atoms with van der Waals surface area (Å²) in [6.07, 6.45) is 2.83. The third kappa shape index (κ3) is 2.96. The Morgan fingerprint density at radius 2 is 2.07 bits per heavy atom. The molecule has 0 aliphatic heterocycles. The third-order valence-corrected chi connectivity index (χ3v) is 4.23. The van der Waals surface area contributed by atoms with Crippen LogP contribution in [0.1, 0.15) is 27.4 Å². The minimum atomic E-state index is -0.374. The number of aryl methyl sites for hydroxylation is 1. The number of fused-ring (bicyclic) bond motifs is 1. The molecule has 0 atom stereocenters. The molecule has 0 aliphatic carbocycles. The molecule has 1 amide bonds. The molecule has 0 saturated heterocycles. The number of nitrogens with one attached hydrogen (secondary N) is 2. The number of anilines is 1. The van der Waals surface area contributed by atoms with Gasteiger partial charge in [-0.1, -0.05) is 0 Å². The maximum atomic E-state index is 12.6. The van der Waals surface area contributed by atoms with Crippen LogP contribution in [0.5, 0.6) is 0 Å². The van der Waals surface area contributed by atoms with E-state index in [2.05, 4.69) is 20.5 Å². The van der Waals surface area contributed by atoms with Crippen molar-refractivity contribution in [2.45, 2.75) is 6.92 Å². The van der Waals surface area contributed by atoms with Gasteiger partial charge in [-0.2, -0.15) is 15.6 Å². The summed E-state index contributed by atoms with van der Waals surface area (Å²) in [5.41, 5.74) is 3.88. The van der Waals surface area contributed by atoms with Crippen LogP contribution in [0, 0.1) is 29.6 Å². The van der Waals surface area contributed by atoms with Crippen molar-refractivity contribution in [3.8, 4) is 23.4 Å². The van der Waals surface area contributed by atoms with Gasteiger partial charge in [0, 0.05) is 28.9 Å². The predicted octanol–water partition coefficient (Wildman–Crippen LogP) is 3.52. The SMILES string of the molecule is Cc1cc(C#N)cnc1C(=O)Nc1ccc2[nH]nc(-c3coc(C#N)c3)c2c1. The molecule has 8 nitrogen and oxygen atoms in total. The van der Waals surface area contributed by atoms with Crippen molar-refractivity contribution in [3.05, 3.63) is 65.4 Å². The molecular formula is C20H12N6O2. The van der Waals surface area contributed by atoms with Gasteiger partial charge in [0.2, 0.25) is 5.76 Å². The van der Waals surface area contributed by atoms with Crippen LogP contribution in [0.15, 0.2) is 47.2 Å². The van der Waals surface area contributed by atoms with Crippen LogP contribution in [0.4, 0.5) is 5.69 Å². The number of hydrogen-bond donors (Lipinski definition) is 2. The average Bonchev–Trinajstić information content (AvgIpc) is 3.33. The third-order valence-electron chi connectivity index (χ3n) is 4.23. The number of amides is 1. The number of aromatic amines is 1. The van der Waals surface area contributed by atoms with Crippen LogP contribution in [0.3, 0.4) is 0 Å². The molecule has 0 fully saturated rings. The van der Waals surface area contributed by atoms with E-state index in [9.17, 15) is 4.79 Å². The number of rotatable bonds is 3. The predicted molar refractivity (Wildman–Crippen MR) is 100 cm³/mol. The summed E-state index contributed by atoms with van der Waals surface area (Å²) in [7, 11) is 0. The van der Waals surface area contributed by atoms with Crippen LogP contribution in [0.25, 0.3) is 22.2 Å². The Morgan fingerprint density at radius 1 is 1.21 bits per heavy atom. The second kappa shape index (κ2) is 6.71. The maximum absolute atomic E-state index is 12.6. The number of hydrogen-bond acceptors (Lipinski definition) is 6. The highest BCUT2D eigenvalue weighted by atomic mass is 16.3. The van der Waals surface area contributed by atoms with E-state index < -0.39 is 0 Å². The highest BCUT2D eigenvalue weighted by molar-refractivity contribution is 6.05. The van der Waals surface area contributed by atoms with Crippen molar-refractivity contribution in [3.63, 3.8) is 0 Å². The molecule has 0 saturated carbocycles. The molecule has 2 N–H and O–H groups in total. The first-order chi connectivity index (χ1) is 13.6. The first-order valence-electron chi connectivity index (χ1n) is 8.24. The van der Waals surface area contributed by atoms with Gasteiger partial charge < -0.3 is 9.73 Å². The minimum Gasteiger partial charge on any atom is -0.453 e. The number of H-pyrrole nitrogens is 1. The fraction of sp³-hybridized carbons (Fsp3) is 0.0500. The summed E-state index contributed by atoms with van der Waals surface area (Å²) in [6.45, 7) is 1.73. The largest absolute Gasteiger partial charge is 0.453 e. The zero-order chi connectivity index (χ0) is 19.7. The Bertz CT molecular complexity index is 1300. The van der Waals surface area contributed by atoms with E-state index in [4.69, 9.17) is 14.9 Å². The monoisotopic (exact) mass is 368 g/mol. The Labute approximate surface area is 159 Å². The molecule has 4 aromatic rings. The first-order valence-corrected chi connectivity index (χ1v) is 8.24. The number of pyridine rings is 1. The number of furan rings is 1. The van der Waals surface area contributed by atoms with E-state index in [1.807, 2.05) is 12.1 Å². The molecular weight excluding hydrogens is 356 g/mol. The van der Waals surface area contributed by atoms with Gasteiger partial charge in [-0.15, -0.1) is 0 Å². The summed E-state index contributed by atoms with van der Waals surface area (Å²) in [5, 5.41) is 28.6. The zero-order valence-electron chi connectivity index (χ0n) is 14.6. The molecule has 1 aromatic carbocycles. The Kier molecular flexibility index (Phi) is 4.07. The van der Waals surface area contributed by atoms with Gasteiger partial charge in [0.25, 0.3) is 5.91 Å². The van der Waals surface area contributed by atoms with Crippen molar-refractivity contribution < 1.29 is 9.21 Å². The molecule has 0 aliphatic rings. The second-order valence-electron chi connectivity index (χ2n) is 6.10. The van der Waals surface area contributed by atoms with Gasteiger partial charge in [-0.3, -0.25) is 9.89 Å². The smallest absolute Gasteiger partial charge is 0.274 e. The van der Waals surface area contributed by atoms with Crippen LogP contribution < -0.4 is 5.32 Å². The average molecular weight is 368 g/mol. The number of nitriles is 2. The molecule has 0 radical (unpaired) electrons. The number of carbonyl (C=O) groups excluding carboxylic acids is 1. The van der Waals surface area contributed by atoms with Crippen molar-refractivity contribution in [2.24, 2.45) is 0 Å². The minimum absolute atomic E-state index is 0.193. The topological polar surface area (TPSA) is 131 Å². The quantitative estimate of drug-likeness (QED) is 0.569. The fourth-order valence-electron chi connectivity index (χ4n) is 2.89. The first kappa shape index (κ1) is 17.0. The molecule has 4 rings (SSSR count). The van der Waals surface area contributed by atoms with Gasteiger partial charge in [-0.25, -0.2) is 4.98 Å². The molecule has 0 unspecified atom stereocenters. The lowest BCUT2D eigenvalue weighted by Crippen LogP contribution is -2.15. The van der Waals surface area contributed by atoms with Gasteiger partial charge in [0.05, 0.1) is 11.1 Å². The lowest BCUT2D eigenvalue weighted by atomic mass is 10.1. The summed E-state index contributed by atoms with van der Waals surface area (Å²) in [4.78, 5) is 16.7. The van der Waals surface area contributed by atoms with Crippen molar-refractivity contribution in [1.82, 2.24) is 15.2 Å². The van der Waals surface area contributed by atoms with E-state index in [-0.39, 0.29) is 17.4 Å². The van der Waals surface area contributed by atoms with Gasteiger partial charge >= 0.3 is 0 Å². The van der Waals surface area contributed by atoms with Crippen molar-refractivity contribution in [1.29, 1.82) is 10.5 Å². The molecule has 0 spiro atoms. The highest BCUT2D eigenvalue weighted by Crippen LogP contribution is 2.29. The molecule has 3 aromatic heterocycles. The molecule has 8 heteroatoms. The van der Waals surface area contributed by atoms with Crippen LogP contribution >= 0.6 is 0 Å². The standard InChI is InChI=1S/C20H12N6O2/c1-11-4-12(7-21)9-23-18(11)20(27)24-14-2-3-17-16(6-14)19(26-25-17)13-5-15(8-22)28-10-13/h2-6,9-10H,1H3,(H,24,27)(H,25,26). The summed E-state index contributed by atoms with van der Waals surface area (Å²) < 4.78 is 5.16. The fourth-order valence-corrected chi connectivity index (χ4v) is 2.89. The lowest BCUT2D eigenvalue weighted by Gasteiger charge is -2.07. The summed E-state index contributed by atoms with van der Waals surface area (Å²) in [5.74, 6) is -0.181. The molecule has 28 heavy (non-hydrogen) atoms. The summed E-state index contributed by atoms with van der Waals surface area (Å²) in [6, 6.07) is 12.5. The van der Waals surface area contributed by atoms with E-state index in [1.54, 1.807) is 37.3 Å². The number of benzene rings is 1. The van der Waals surface area contributed by atoms with Crippen molar-refractivity contribution in [2.75, 3.05) is 5.32 Å². The van der Waals surface area contributed by atoms with Gasteiger partial charge in [-0.05, 0) is 36.8 Å². The second-order valence-corrected chi connectivity index (χ2v) is 6.10. The Balaban J connectivity index is 1.66. The summed E-state index contributed by atoms with van der Waals surface area (Å²) >= 11 is 0. The number of aromatic nitrogens is 3. The Hall–Kier alpha value is -4.43. The maximum Gasteiger partial charge on any atom is 0.274 e. The lowest BCUT2D eigenvalue weighted by molar-refractivity contribution is 0.102. The molecule has 134 valence electrons. The van der Waals surface area contributed by atoms with E-state index in [0.717, 1.165) is 10.9 Å². The van der Waals surface area contributed by atoms with Gasteiger partial charge in [0.1, 0.15) is 29.8 Å². The van der Waals surface area contributed by atoms with Gasteiger partial charge in [0.15, 0.2) is 0 Å². The number of nitrogens with zero attached hydrogens (tertiary/aromatic N) is 4. The van der Waals surface area contributed by atoms with Crippen molar-refractivity contribution >= 4 is 22.5 Å². The van der Waals surface area contributed by atoms with Crippen LogP contribution in [-0.2, 0) is 0 Å². The zero-order valence-corrected chi connectivity index (χ0v) is 14.6. The van der Waals surface area contributed by atoms with E-state index in [0.29, 0.717) is 28.1 Å². The van der Waals surface area contributed by atoms with E-state index >= 15 is 0 Å². The van der Waals surface area contributed by atoms with Crippen LogP contribution in [0.2, 0.25) is 0 Å². The Morgan fingerprint density at radius 3 is 2.79 bits per heavy atom. The van der Waals surface area contributed by atoms with Crippen LogP contribution in [-0.4, -0.2) is 21.1 Å². The number of carbonyl (C=O) groups is 1. The normalized spacial score (nSPS) is 10.4. The highest BCUT2D eigenvalue weighted by Gasteiger charge is 2.15. The van der Waals surface area contributed by atoms with E-state index in [1.165, 1.54) is 12.5 Å². The molecule has 0 bridgehead atoms. The molecule has 3 heterocycles.